The Morgan fingerprint density at radius 2 is 2.07 bits per heavy atom. The van der Waals surface area contributed by atoms with Gasteiger partial charge in [0.15, 0.2) is 6.61 Å². The van der Waals surface area contributed by atoms with E-state index in [0.717, 1.165) is 12.8 Å². The Kier molecular flexibility index (Phi) is 5.96. The lowest BCUT2D eigenvalue weighted by molar-refractivity contribution is -0.154. The van der Waals surface area contributed by atoms with Crippen LogP contribution >= 0.6 is 11.6 Å². The van der Waals surface area contributed by atoms with Gasteiger partial charge in [-0.3, -0.25) is 14.9 Å². The van der Waals surface area contributed by atoms with Crippen LogP contribution in [0, 0.1) is 5.92 Å². The summed E-state index contributed by atoms with van der Waals surface area (Å²) in [6, 6.07) is 0.668. The molecule has 1 saturated carbocycles. The Hall–Kier alpha value is -2.82. The summed E-state index contributed by atoms with van der Waals surface area (Å²) in [5.41, 5.74) is 0.435. The van der Waals surface area contributed by atoms with Gasteiger partial charge in [-0.25, -0.2) is 9.97 Å². The van der Waals surface area contributed by atoms with Crippen LogP contribution in [-0.2, 0) is 4.79 Å². The van der Waals surface area contributed by atoms with Gasteiger partial charge in [-0.05, 0) is 31.4 Å². The third-order valence-corrected chi connectivity index (χ3v) is 4.23. The Bertz CT molecular complexity index is 914. The van der Waals surface area contributed by atoms with Crippen LogP contribution in [0.3, 0.4) is 0 Å². The molecule has 3 rings (SSSR count). The zero-order valence-electron chi connectivity index (χ0n) is 15.0. The molecule has 12 heteroatoms. The van der Waals surface area contributed by atoms with Crippen molar-refractivity contribution in [1.29, 1.82) is 0 Å². The predicted molar refractivity (Wildman–Crippen MR) is 94.5 cm³/mol. The molecule has 1 aliphatic carbocycles. The molecule has 0 radical (unpaired) electrons. The highest BCUT2D eigenvalue weighted by Crippen LogP contribution is 2.30. The van der Waals surface area contributed by atoms with E-state index < -0.39 is 24.7 Å². The van der Waals surface area contributed by atoms with Crippen LogP contribution in [0.4, 0.5) is 19.2 Å². The van der Waals surface area contributed by atoms with Crippen LogP contribution in [0.15, 0.2) is 22.9 Å². The van der Waals surface area contributed by atoms with Crippen LogP contribution in [-0.4, -0.2) is 34.6 Å². The van der Waals surface area contributed by atoms with E-state index in [1.807, 2.05) is 0 Å². The van der Waals surface area contributed by atoms with Crippen LogP contribution in [0.1, 0.15) is 41.9 Å². The second-order valence-electron chi connectivity index (χ2n) is 6.45. The Balaban J connectivity index is 1.58. The highest BCUT2D eigenvalue weighted by atomic mass is 35.5. The number of nitrogens with zero attached hydrogens (tertiary/aromatic N) is 2. The smallest absolute Gasteiger partial charge is 0.422 e. The molecule has 0 spiro atoms. The molecule has 2 aromatic rings. The first-order valence-corrected chi connectivity index (χ1v) is 8.92. The lowest BCUT2D eigenvalue weighted by Crippen LogP contribution is -2.26. The van der Waals surface area contributed by atoms with Crippen molar-refractivity contribution in [3.8, 4) is 5.88 Å². The molecule has 0 aliphatic heterocycles. The highest BCUT2D eigenvalue weighted by molar-refractivity contribution is 6.31. The number of hydrogen-bond acceptors (Lipinski definition) is 6. The number of amides is 2. The highest BCUT2D eigenvalue weighted by Gasteiger charge is 2.31. The molecule has 156 valence electrons. The topological polar surface area (TPSA) is 106 Å². The first kappa shape index (κ1) is 20.9. The van der Waals surface area contributed by atoms with E-state index in [4.69, 9.17) is 16.0 Å². The van der Waals surface area contributed by atoms with E-state index in [9.17, 15) is 22.8 Å². The molecule has 2 N–H and O–H groups in total. The fourth-order valence-electron chi connectivity index (χ4n) is 2.27. The Morgan fingerprint density at radius 3 is 2.69 bits per heavy atom. The minimum absolute atomic E-state index is 0.0421. The van der Waals surface area contributed by atoms with E-state index in [1.165, 1.54) is 18.5 Å². The number of carbonyl (C=O) groups excluding carboxylic acids is 2. The van der Waals surface area contributed by atoms with Crippen molar-refractivity contribution in [2.24, 2.45) is 5.92 Å². The van der Waals surface area contributed by atoms with Gasteiger partial charge in [-0.1, -0.05) is 11.6 Å². The van der Waals surface area contributed by atoms with Crippen molar-refractivity contribution in [3.63, 3.8) is 0 Å². The van der Waals surface area contributed by atoms with E-state index in [-0.39, 0.29) is 34.5 Å². The molecular weight excluding hydrogens is 417 g/mol. The van der Waals surface area contributed by atoms with Crippen molar-refractivity contribution in [1.82, 2.24) is 15.3 Å². The third kappa shape index (κ3) is 5.83. The number of halogens is 4. The number of nitrogens with one attached hydrogen (secondary N) is 2. The van der Waals surface area contributed by atoms with Gasteiger partial charge >= 0.3 is 12.2 Å². The Labute approximate surface area is 167 Å². The minimum Gasteiger partial charge on any atom is -0.467 e. The zero-order chi connectivity index (χ0) is 21.2. The largest absolute Gasteiger partial charge is 0.467 e. The second kappa shape index (κ2) is 8.27. The maximum Gasteiger partial charge on any atom is 0.422 e. The van der Waals surface area contributed by atoms with Crippen molar-refractivity contribution in [2.45, 2.75) is 32.0 Å². The summed E-state index contributed by atoms with van der Waals surface area (Å²) in [6.45, 7) is 0.101. The van der Waals surface area contributed by atoms with E-state index in [2.05, 4.69) is 25.3 Å². The third-order valence-electron chi connectivity index (χ3n) is 3.96. The summed E-state index contributed by atoms with van der Waals surface area (Å²) < 4.78 is 46.4. The summed E-state index contributed by atoms with van der Waals surface area (Å²) in [6.07, 6.45) is -0.477. The van der Waals surface area contributed by atoms with Gasteiger partial charge in [-0.2, -0.15) is 13.2 Å². The summed E-state index contributed by atoms with van der Waals surface area (Å²) in [4.78, 5) is 31.5. The minimum atomic E-state index is -4.51. The van der Waals surface area contributed by atoms with Crippen molar-refractivity contribution < 1.29 is 31.9 Å². The first-order chi connectivity index (χ1) is 13.6. The number of hydrogen-bond donors (Lipinski definition) is 2. The number of pyridine rings is 1. The summed E-state index contributed by atoms with van der Waals surface area (Å²) in [7, 11) is 0. The fraction of sp³-hybridized carbons (Fsp3) is 0.412. The first-order valence-electron chi connectivity index (χ1n) is 8.55. The van der Waals surface area contributed by atoms with Crippen LogP contribution in [0.25, 0.3) is 0 Å². The molecule has 29 heavy (non-hydrogen) atoms. The van der Waals surface area contributed by atoms with Gasteiger partial charge in [0.05, 0.1) is 12.2 Å². The molecule has 0 bridgehead atoms. The van der Waals surface area contributed by atoms with Gasteiger partial charge < -0.3 is 14.5 Å². The van der Waals surface area contributed by atoms with Crippen molar-refractivity contribution >= 4 is 29.4 Å². The monoisotopic (exact) mass is 432 g/mol. The number of ether oxygens (including phenoxy) is 1. The number of carbonyl (C=O) groups is 2. The number of aromatic nitrogens is 2. The van der Waals surface area contributed by atoms with Gasteiger partial charge in [0.2, 0.25) is 17.5 Å². The molecular formula is C17H16ClF3N4O4. The van der Waals surface area contributed by atoms with Gasteiger partial charge in [-0.15, -0.1) is 0 Å². The summed E-state index contributed by atoms with van der Waals surface area (Å²) >= 11 is 5.90. The molecule has 2 aromatic heterocycles. The fourth-order valence-corrected chi connectivity index (χ4v) is 2.50. The lowest BCUT2D eigenvalue weighted by atomic mass is 10.1. The second-order valence-corrected chi connectivity index (χ2v) is 6.86. The predicted octanol–water partition coefficient (Wildman–Crippen LogP) is 3.50. The average Bonchev–Trinajstić information content (AvgIpc) is 3.39. The van der Waals surface area contributed by atoms with Crippen LogP contribution in [0.5, 0.6) is 5.88 Å². The molecule has 8 nitrogen and oxygen atoms in total. The zero-order valence-corrected chi connectivity index (χ0v) is 15.8. The molecule has 1 atom stereocenters. The molecule has 0 aromatic carbocycles. The molecule has 1 fully saturated rings. The molecule has 1 unspecified atom stereocenters. The quantitative estimate of drug-likeness (QED) is 0.693. The number of alkyl halides is 3. The molecule has 1 aliphatic rings. The maximum absolute atomic E-state index is 12.3. The van der Waals surface area contributed by atoms with E-state index >= 15 is 0 Å². The summed E-state index contributed by atoms with van der Waals surface area (Å²) in [5.74, 6) is -1.34. The normalized spacial score (nSPS) is 14.9. The van der Waals surface area contributed by atoms with Crippen molar-refractivity contribution in [2.75, 3.05) is 11.9 Å². The van der Waals surface area contributed by atoms with Gasteiger partial charge in [0.1, 0.15) is 5.02 Å². The average molecular weight is 433 g/mol. The molecule has 2 amide bonds. The SMILES string of the molecule is CC(NC(=O)c1cnc(NC(=O)C2CC2)o1)c1cnc(OCC(F)(F)F)c(Cl)c1. The number of rotatable bonds is 7. The van der Waals surface area contributed by atoms with E-state index in [1.54, 1.807) is 6.92 Å². The molecule has 2 heterocycles. The lowest BCUT2D eigenvalue weighted by Gasteiger charge is -2.15. The van der Waals surface area contributed by atoms with Crippen LogP contribution in [0.2, 0.25) is 5.02 Å². The number of anilines is 1. The maximum atomic E-state index is 12.3. The standard InChI is InChI=1S/C17H16ClF3N4O4/c1-8(10-4-11(18)15(22-5-10)28-7-17(19,20)21)24-14(27)12-6-23-16(29-12)25-13(26)9-2-3-9/h4-6,8-9H,2-3,7H2,1H3,(H,24,27)(H,23,25,26). The van der Waals surface area contributed by atoms with E-state index in [0.29, 0.717) is 5.56 Å². The Morgan fingerprint density at radius 1 is 1.34 bits per heavy atom. The van der Waals surface area contributed by atoms with Gasteiger partial charge in [0, 0.05) is 12.1 Å². The summed E-state index contributed by atoms with van der Waals surface area (Å²) in [5, 5.41) is 4.97. The van der Waals surface area contributed by atoms with Crippen LogP contribution < -0.4 is 15.4 Å². The molecule has 0 saturated heterocycles. The van der Waals surface area contributed by atoms with Gasteiger partial charge in [0.25, 0.3) is 5.91 Å². The van der Waals surface area contributed by atoms with Crippen molar-refractivity contribution in [3.05, 3.63) is 34.8 Å². The number of oxazole rings is 1.